The average Bonchev–Trinajstić information content (AvgIpc) is 3.93. The molecule has 3 aliphatic heterocycles. The quantitative estimate of drug-likeness (QED) is 0.307. The standard InChI is InChI=1S/C36H48FN5O8S/c1-35(2,3)50-33(46)38-28-14-9-7-5-6-8-12-23-18-36(23,32(45)40-51(4,48)25-15-16-25)39-30(43)29-17-24(20-42(29)31(28)44)49-34(47)41-19-22-11-10-13-27(37)26(22)21-41/h8,10-13,23-25,28-29H,4-7,9,14-21H2,1-3H3,(H,38,46)(H,39,43)(H,40,45,48)/b12-8-/t23-,24-,28+,29?,36-,51?/m1/s1. The summed E-state index contributed by atoms with van der Waals surface area (Å²) in [5, 5.41) is 5.37. The molecule has 3 fully saturated rings. The number of benzene rings is 1. The fraction of sp³-hybridized carbons (Fsp3) is 0.611. The first-order valence-corrected chi connectivity index (χ1v) is 19.5. The molecule has 3 heterocycles. The van der Waals surface area contributed by atoms with Gasteiger partial charge in [0.1, 0.15) is 35.1 Å². The summed E-state index contributed by atoms with van der Waals surface area (Å²) in [4.78, 5) is 71.2. The maximum absolute atomic E-state index is 14.4. The number of halogens is 1. The van der Waals surface area contributed by atoms with Crippen molar-refractivity contribution in [2.45, 2.75) is 126 Å². The van der Waals surface area contributed by atoms with Gasteiger partial charge >= 0.3 is 12.2 Å². The van der Waals surface area contributed by atoms with Crippen molar-refractivity contribution in [3.63, 3.8) is 0 Å². The van der Waals surface area contributed by atoms with Crippen molar-refractivity contribution in [2.24, 2.45) is 5.92 Å². The zero-order valence-electron chi connectivity index (χ0n) is 29.4. The number of carbonyl (C=O) groups is 5. The number of allylic oxidation sites excluding steroid dienone is 1. The van der Waals surface area contributed by atoms with Gasteiger partial charge in [-0.1, -0.05) is 37.1 Å². The summed E-state index contributed by atoms with van der Waals surface area (Å²) in [6.07, 6.45) is 6.18. The van der Waals surface area contributed by atoms with Gasteiger partial charge < -0.3 is 25.0 Å². The summed E-state index contributed by atoms with van der Waals surface area (Å²) in [7, 11) is -2.92. The molecule has 1 aromatic rings. The van der Waals surface area contributed by atoms with Crippen LogP contribution in [0.2, 0.25) is 0 Å². The van der Waals surface area contributed by atoms with Crippen LogP contribution in [-0.2, 0) is 46.7 Å². The second-order valence-corrected chi connectivity index (χ2v) is 17.7. The van der Waals surface area contributed by atoms with E-state index in [0.717, 1.165) is 12.8 Å². The predicted octanol–water partition coefficient (Wildman–Crippen LogP) is 3.45. The first-order chi connectivity index (χ1) is 24.1. The third-order valence-corrected chi connectivity index (χ3v) is 12.2. The van der Waals surface area contributed by atoms with Gasteiger partial charge in [-0.2, -0.15) is 0 Å². The highest BCUT2D eigenvalue weighted by molar-refractivity contribution is 7.99. The van der Waals surface area contributed by atoms with Gasteiger partial charge in [0.05, 0.1) is 22.8 Å². The summed E-state index contributed by atoms with van der Waals surface area (Å²) in [5.41, 5.74) is -1.14. The molecule has 51 heavy (non-hydrogen) atoms. The normalized spacial score (nSPS) is 29.9. The second-order valence-electron chi connectivity index (χ2n) is 15.4. The molecule has 1 aromatic carbocycles. The van der Waals surface area contributed by atoms with Crippen LogP contribution < -0.4 is 15.4 Å². The Morgan fingerprint density at radius 1 is 1.10 bits per heavy atom. The highest BCUT2D eigenvalue weighted by Gasteiger charge is 2.61. The molecular formula is C36H48FN5O8S. The van der Waals surface area contributed by atoms with E-state index >= 15 is 0 Å². The molecule has 5 amide bonds. The van der Waals surface area contributed by atoms with Crippen LogP contribution >= 0.6 is 0 Å². The van der Waals surface area contributed by atoms with Crippen LogP contribution in [0.5, 0.6) is 0 Å². The van der Waals surface area contributed by atoms with Crippen LogP contribution in [0.4, 0.5) is 14.0 Å². The third-order valence-electron chi connectivity index (χ3n) is 10.1. The number of nitrogens with zero attached hydrogens (tertiary/aromatic N) is 2. The van der Waals surface area contributed by atoms with Gasteiger partial charge in [0.15, 0.2) is 0 Å². The van der Waals surface area contributed by atoms with Crippen molar-refractivity contribution >= 4 is 45.5 Å². The fourth-order valence-electron chi connectivity index (χ4n) is 7.12. The Morgan fingerprint density at radius 2 is 1.86 bits per heavy atom. The number of rotatable bonds is 5. The van der Waals surface area contributed by atoms with Crippen molar-refractivity contribution in [1.82, 2.24) is 25.2 Å². The van der Waals surface area contributed by atoms with E-state index in [1.54, 1.807) is 32.9 Å². The van der Waals surface area contributed by atoms with Crippen molar-refractivity contribution in [1.29, 1.82) is 0 Å². The van der Waals surface area contributed by atoms with E-state index in [1.807, 2.05) is 12.2 Å². The number of carbonyl (C=O) groups excluding carboxylic acids is 5. The lowest BCUT2D eigenvalue weighted by Gasteiger charge is -2.30. The number of nitrogens with one attached hydrogen (secondary N) is 3. The Balaban J connectivity index is 1.25. The minimum absolute atomic E-state index is 0.0187. The topological polar surface area (TPSA) is 163 Å². The van der Waals surface area contributed by atoms with Gasteiger partial charge in [-0.05, 0) is 76.8 Å². The SMILES string of the molecule is C=S(=O)(NC(=O)[C@@]12C[C@H]1/C=C\CCCCC[C@H](NC(=O)OC(C)(C)C)C(=O)N1C[C@H](OC(=O)N3Cc4cccc(F)c4C3)CC1C(=O)N2)C1CC1. The number of fused-ring (bicyclic) bond motifs is 3. The first kappa shape index (κ1) is 36.6. The lowest BCUT2D eigenvalue weighted by molar-refractivity contribution is -0.141. The Hall–Kier alpha value is -4.14. The van der Waals surface area contributed by atoms with E-state index in [0.29, 0.717) is 36.8 Å². The molecular weight excluding hydrogens is 681 g/mol. The monoisotopic (exact) mass is 729 g/mol. The maximum Gasteiger partial charge on any atom is 0.410 e. The summed E-state index contributed by atoms with van der Waals surface area (Å²) in [5.74, 6) is 1.20. The molecule has 2 unspecified atom stereocenters. The molecule has 15 heteroatoms. The lowest BCUT2D eigenvalue weighted by Crippen LogP contribution is -2.58. The molecule has 6 atom stereocenters. The van der Waals surface area contributed by atoms with Crippen LogP contribution in [0.1, 0.15) is 89.7 Å². The number of hydrogen-bond donors (Lipinski definition) is 3. The van der Waals surface area contributed by atoms with Gasteiger partial charge in [0, 0.05) is 29.7 Å². The molecule has 0 spiro atoms. The Bertz CT molecular complexity index is 1720. The molecule has 1 saturated heterocycles. The second kappa shape index (κ2) is 14.1. The van der Waals surface area contributed by atoms with E-state index in [1.165, 1.54) is 15.9 Å². The Kier molecular flexibility index (Phi) is 10.1. The number of ether oxygens (including phenoxy) is 2. The van der Waals surface area contributed by atoms with E-state index in [4.69, 9.17) is 9.47 Å². The summed E-state index contributed by atoms with van der Waals surface area (Å²) in [6, 6.07) is 2.44. The van der Waals surface area contributed by atoms with Crippen LogP contribution in [0.15, 0.2) is 30.4 Å². The van der Waals surface area contributed by atoms with Crippen LogP contribution in [0.3, 0.4) is 0 Å². The van der Waals surface area contributed by atoms with Crippen molar-refractivity contribution in [2.75, 3.05) is 6.54 Å². The molecule has 2 saturated carbocycles. The molecule has 5 aliphatic rings. The van der Waals surface area contributed by atoms with E-state index in [9.17, 15) is 32.6 Å². The molecule has 0 radical (unpaired) electrons. The first-order valence-electron chi connectivity index (χ1n) is 17.7. The largest absolute Gasteiger partial charge is 0.444 e. The Labute approximate surface area is 298 Å². The predicted molar refractivity (Wildman–Crippen MR) is 187 cm³/mol. The van der Waals surface area contributed by atoms with E-state index in [2.05, 4.69) is 21.2 Å². The van der Waals surface area contributed by atoms with Gasteiger partial charge in [-0.15, -0.1) is 0 Å². The van der Waals surface area contributed by atoms with Crippen LogP contribution in [-0.4, -0.2) is 90.9 Å². The molecule has 3 N–H and O–H groups in total. The minimum atomic E-state index is -2.92. The van der Waals surface area contributed by atoms with Gasteiger partial charge in [-0.3, -0.25) is 24.0 Å². The number of hydrogen-bond acceptors (Lipinski definition) is 8. The summed E-state index contributed by atoms with van der Waals surface area (Å²) in [6.45, 7) is 5.14. The van der Waals surface area contributed by atoms with Gasteiger partial charge in [0.25, 0.3) is 5.91 Å². The molecule has 0 bridgehead atoms. The summed E-state index contributed by atoms with van der Waals surface area (Å²) < 4.78 is 41.5. The van der Waals surface area contributed by atoms with Crippen molar-refractivity contribution in [3.8, 4) is 0 Å². The zero-order valence-corrected chi connectivity index (χ0v) is 30.2. The number of amides is 5. The molecule has 13 nitrogen and oxygen atoms in total. The van der Waals surface area contributed by atoms with Crippen molar-refractivity contribution < 1.29 is 42.0 Å². The summed E-state index contributed by atoms with van der Waals surface area (Å²) >= 11 is 0. The minimum Gasteiger partial charge on any atom is -0.444 e. The highest BCUT2D eigenvalue weighted by Crippen LogP contribution is 2.46. The zero-order chi connectivity index (χ0) is 36.7. The average molecular weight is 730 g/mol. The van der Waals surface area contributed by atoms with Crippen LogP contribution in [0, 0.1) is 11.7 Å². The van der Waals surface area contributed by atoms with Crippen molar-refractivity contribution in [3.05, 3.63) is 47.3 Å². The maximum atomic E-state index is 14.4. The van der Waals surface area contributed by atoms with Crippen LogP contribution in [0.25, 0.3) is 0 Å². The highest BCUT2D eigenvalue weighted by atomic mass is 32.2. The molecule has 2 aliphatic carbocycles. The molecule has 0 aromatic heterocycles. The fourth-order valence-corrected chi connectivity index (χ4v) is 8.68. The van der Waals surface area contributed by atoms with Gasteiger partial charge in [0.2, 0.25) is 11.8 Å². The number of alkyl carbamates (subject to hydrolysis) is 1. The smallest absolute Gasteiger partial charge is 0.410 e. The van der Waals surface area contributed by atoms with E-state index in [-0.39, 0.29) is 50.1 Å². The van der Waals surface area contributed by atoms with E-state index < -0.39 is 74.8 Å². The third kappa shape index (κ3) is 8.34. The molecule has 6 rings (SSSR count). The lowest BCUT2D eigenvalue weighted by atomic mass is 10.0. The van der Waals surface area contributed by atoms with Gasteiger partial charge in [-0.25, -0.2) is 18.2 Å². The molecule has 278 valence electrons. The Morgan fingerprint density at radius 3 is 2.57 bits per heavy atom.